The molecule has 0 heterocycles. The Hall–Kier alpha value is -1.20. The summed E-state index contributed by atoms with van der Waals surface area (Å²) in [7, 11) is 0. The molecule has 1 aromatic rings. The molecule has 17 heavy (non-hydrogen) atoms. The Morgan fingerprint density at radius 3 is 2.47 bits per heavy atom. The monoisotopic (exact) mass is 255 g/mol. The number of amides is 1. The molecule has 0 aromatic heterocycles. The first kappa shape index (κ1) is 13.9. The van der Waals surface area contributed by atoms with Gasteiger partial charge in [-0.05, 0) is 37.4 Å². The summed E-state index contributed by atoms with van der Waals surface area (Å²) in [6, 6.07) is 5.95. The largest absolute Gasteiger partial charge is 0.508 e. The zero-order valence-electron chi connectivity index (χ0n) is 9.88. The second-order valence-corrected chi connectivity index (χ2v) is 4.84. The minimum atomic E-state index is -0.204. The van der Waals surface area contributed by atoms with E-state index >= 15 is 0 Å². The number of hydrogen-bond donors (Lipinski definition) is 3. The standard InChI is InChI=1S/C12H17NO3S/c1-8(11(7-14)17-2)13-12(16)9-3-5-10(15)6-4-9/h3-6,8,11,14-15H,7H2,1-2H3,(H,13,16). The van der Waals surface area contributed by atoms with Gasteiger partial charge in [0.2, 0.25) is 0 Å². The number of aliphatic hydroxyl groups is 1. The summed E-state index contributed by atoms with van der Waals surface area (Å²) in [5.41, 5.74) is 0.493. The molecule has 2 atom stereocenters. The van der Waals surface area contributed by atoms with E-state index in [0.29, 0.717) is 5.56 Å². The van der Waals surface area contributed by atoms with Crippen molar-refractivity contribution >= 4 is 17.7 Å². The fourth-order valence-corrected chi connectivity index (χ4v) is 2.06. The van der Waals surface area contributed by atoms with Gasteiger partial charge in [-0.2, -0.15) is 11.8 Å². The number of carbonyl (C=O) groups excluding carboxylic acids is 1. The van der Waals surface area contributed by atoms with E-state index in [0.717, 1.165) is 0 Å². The van der Waals surface area contributed by atoms with Crippen molar-refractivity contribution in [2.45, 2.75) is 18.2 Å². The van der Waals surface area contributed by atoms with Crippen LogP contribution in [0.3, 0.4) is 0 Å². The summed E-state index contributed by atoms with van der Waals surface area (Å²) in [5.74, 6) is -0.0723. The van der Waals surface area contributed by atoms with Gasteiger partial charge in [0.05, 0.1) is 6.61 Å². The zero-order valence-corrected chi connectivity index (χ0v) is 10.7. The number of thioether (sulfide) groups is 1. The number of rotatable bonds is 5. The number of benzene rings is 1. The first-order valence-electron chi connectivity index (χ1n) is 5.32. The maximum absolute atomic E-state index is 11.8. The van der Waals surface area contributed by atoms with E-state index in [4.69, 9.17) is 10.2 Å². The van der Waals surface area contributed by atoms with Crippen LogP contribution in [-0.4, -0.2) is 40.3 Å². The lowest BCUT2D eigenvalue weighted by atomic mass is 10.1. The summed E-state index contributed by atoms with van der Waals surface area (Å²) in [4.78, 5) is 11.8. The predicted octanol–water partition coefficient (Wildman–Crippen LogP) is 1.23. The number of nitrogens with one attached hydrogen (secondary N) is 1. The van der Waals surface area contributed by atoms with E-state index < -0.39 is 0 Å². The molecule has 0 saturated heterocycles. The van der Waals surface area contributed by atoms with Crippen LogP contribution in [0, 0.1) is 0 Å². The number of phenolic OH excluding ortho intramolecular Hbond substituents is 1. The van der Waals surface area contributed by atoms with Gasteiger partial charge in [-0.15, -0.1) is 0 Å². The highest BCUT2D eigenvalue weighted by atomic mass is 32.2. The molecule has 1 aromatic carbocycles. The first-order chi connectivity index (χ1) is 8.08. The van der Waals surface area contributed by atoms with E-state index in [2.05, 4.69) is 5.32 Å². The fourth-order valence-electron chi connectivity index (χ4n) is 1.43. The van der Waals surface area contributed by atoms with Crippen molar-refractivity contribution in [3.8, 4) is 5.75 Å². The molecule has 0 aliphatic carbocycles. The van der Waals surface area contributed by atoms with Gasteiger partial charge in [-0.25, -0.2) is 0 Å². The van der Waals surface area contributed by atoms with Gasteiger partial charge in [-0.1, -0.05) is 0 Å². The van der Waals surface area contributed by atoms with Crippen molar-refractivity contribution < 1.29 is 15.0 Å². The van der Waals surface area contributed by atoms with Crippen LogP contribution in [0.4, 0.5) is 0 Å². The highest BCUT2D eigenvalue weighted by Crippen LogP contribution is 2.12. The lowest BCUT2D eigenvalue weighted by Crippen LogP contribution is -2.41. The quantitative estimate of drug-likeness (QED) is 0.740. The molecule has 0 aliphatic rings. The Labute approximate surface area is 105 Å². The molecule has 4 nitrogen and oxygen atoms in total. The van der Waals surface area contributed by atoms with Crippen LogP contribution < -0.4 is 5.32 Å². The Bertz CT molecular complexity index is 363. The molecule has 5 heteroatoms. The number of phenols is 1. The number of hydrogen-bond acceptors (Lipinski definition) is 4. The van der Waals surface area contributed by atoms with E-state index in [-0.39, 0.29) is 29.6 Å². The summed E-state index contributed by atoms with van der Waals surface area (Å²) in [5, 5.41) is 21.0. The van der Waals surface area contributed by atoms with Crippen molar-refractivity contribution in [3.63, 3.8) is 0 Å². The number of aromatic hydroxyl groups is 1. The maximum atomic E-state index is 11.8. The molecule has 2 unspecified atom stereocenters. The molecule has 94 valence electrons. The Morgan fingerprint density at radius 1 is 1.41 bits per heavy atom. The number of carbonyl (C=O) groups is 1. The van der Waals surface area contributed by atoms with E-state index in [9.17, 15) is 4.79 Å². The third-order valence-electron chi connectivity index (χ3n) is 2.53. The van der Waals surface area contributed by atoms with Gasteiger partial charge < -0.3 is 15.5 Å². The highest BCUT2D eigenvalue weighted by Gasteiger charge is 2.17. The van der Waals surface area contributed by atoms with Crippen LogP contribution in [-0.2, 0) is 0 Å². The molecular weight excluding hydrogens is 238 g/mol. The molecule has 0 spiro atoms. The molecule has 0 fully saturated rings. The van der Waals surface area contributed by atoms with Crippen molar-refractivity contribution in [2.24, 2.45) is 0 Å². The van der Waals surface area contributed by atoms with Crippen LogP contribution in [0.15, 0.2) is 24.3 Å². The van der Waals surface area contributed by atoms with Crippen LogP contribution in [0.5, 0.6) is 5.75 Å². The number of aliphatic hydroxyl groups excluding tert-OH is 1. The Kier molecular flexibility index (Phi) is 5.31. The first-order valence-corrected chi connectivity index (χ1v) is 6.60. The van der Waals surface area contributed by atoms with Crippen molar-refractivity contribution in [1.29, 1.82) is 0 Å². The van der Waals surface area contributed by atoms with E-state index in [1.807, 2.05) is 13.2 Å². The minimum absolute atomic E-state index is 0.0175. The molecule has 0 radical (unpaired) electrons. The average Bonchev–Trinajstić information content (AvgIpc) is 2.31. The van der Waals surface area contributed by atoms with Crippen molar-refractivity contribution in [2.75, 3.05) is 12.9 Å². The van der Waals surface area contributed by atoms with Gasteiger partial charge in [0.1, 0.15) is 5.75 Å². The molecule has 3 N–H and O–H groups in total. The smallest absolute Gasteiger partial charge is 0.251 e. The Morgan fingerprint density at radius 2 is 2.00 bits per heavy atom. The lowest BCUT2D eigenvalue weighted by molar-refractivity contribution is 0.0936. The van der Waals surface area contributed by atoms with Gasteiger partial charge in [0, 0.05) is 16.9 Å². The third-order valence-corrected chi connectivity index (χ3v) is 3.69. The molecular formula is C12H17NO3S. The van der Waals surface area contributed by atoms with E-state index in [1.54, 1.807) is 12.1 Å². The highest BCUT2D eigenvalue weighted by molar-refractivity contribution is 7.99. The molecule has 0 aliphatic heterocycles. The van der Waals surface area contributed by atoms with Crippen LogP contribution in [0.2, 0.25) is 0 Å². The van der Waals surface area contributed by atoms with Crippen LogP contribution in [0.1, 0.15) is 17.3 Å². The summed E-state index contributed by atoms with van der Waals surface area (Å²) in [6.07, 6.45) is 1.89. The lowest BCUT2D eigenvalue weighted by Gasteiger charge is -2.21. The maximum Gasteiger partial charge on any atom is 0.251 e. The summed E-state index contributed by atoms with van der Waals surface area (Å²) in [6.45, 7) is 1.88. The molecule has 0 saturated carbocycles. The van der Waals surface area contributed by atoms with E-state index in [1.165, 1.54) is 23.9 Å². The zero-order chi connectivity index (χ0) is 12.8. The minimum Gasteiger partial charge on any atom is -0.508 e. The SMILES string of the molecule is CSC(CO)C(C)NC(=O)c1ccc(O)cc1. The second-order valence-electron chi connectivity index (χ2n) is 3.77. The van der Waals surface area contributed by atoms with Gasteiger partial charge in [0.25, 0.3) is 5.91 Å². The molecule has 1 amide bonds. The topological polar surface area (TPSA) is 69.6 Å². The van der Waals surface area contributed by atoms with Gasteiger partial charge in [0.15, 0.2) is 0 Å². The second kappa shape index (κ2) is 6.51. The molecule has 1 rings (SSSR count). The van der Waals surface area contributed by atoms with Gasteiger partial charge in [-0.3, -0.25) is 4.79 Å². The normalized spacial score (nSPS) is 14.1. The van der Waals surface area contributed by atoms with Crippen LogP contribution in [0.25, 0.3) is 0 Å². The Balaban J connectivity index is 2.62. The van der Waals surface area contributed by atoms with Gasteiger partial charge >= 0.3 is 0 Å². The third kappa shape index (κ3) is 3.94. The summed E-state index contributed by atoms with van der Waals surface area (Å²) < 4.78 is 0. The fraction of sp³-hybridized carbons (Fsp3) is 0.417. The van der Waals surface area contributed by atoms with Crippen molar-refractivity contribution in [3.05, 3.63) is 29.8 Å². The average molecular weight is 255 g/mol. The predicted molar refractivity (Wildman–Crippen MR) is 69.4 cm³/mol. The molecule has 0 bridgehead atoms. The summed E-state index contributed by atoms with van der Waals surface area (Å²) >= 11 is 1.51. The van der Waals surface area contributed by atoms with Crippen molar-refractivity contribution in [1.82, 2.24) is 5.32 Å². The van der Waals surface area contributed by atoms with Crippen LogP contribution >= 0.6 is 11.8 Å².